The van der Waals surface area contributed by atoms with Crippen LogP contribution < -0.4 is 10.5 Å². The molecule has 1 aromatic carbocycles. The molecule has 9 heteroatoms. The highest BCUT2D eigenvalue weighted by Gasteiger charge is 2.37. The molecule has 0 bridgehead atoms. The van der Waals surface area contributed by atoms with Gasteiger partial charge in [0.25, 0.3) is 11.4 Å². The standard InChI is InChI=1S/C27H26FN7O/c1-17-16-35(27(21-14-30-11-12-31-21)19-5-7-20(28)8-6-19)18(2)15-34(17)23-13-25(36)33(4)22-9-10-24(29-3)32-26(22)23/h5-14,17-18,27H,15-16H2,1-2,4H3/t17-,18+,27?/m0/s1. The molecular weight excluding hydrogens is 457 g/mol. The number of aryl methyl sites for hydroxylation is 1. The molecule has 4 aromatic rings. The highest BCUT2D eigenvalue weighted by molar-refractivity contribution is 5.89. The number of anilines is 1. The monoisotopic (exact) mass is 483 g/mol. The molecule has 3 aromatic heterocycles. The fourth-order valence-corrected chi connectivity index (χ4v) is 5.06. The third kappa shape index (κ3) is 4.20. The number of rotatable bonds is 4. The Morgan fingerprint density at radius 1 is 1.08 bits per heavy atom. The van der Waals surface area contributed by atoms with E-state index in [-0.39, 0.29) is 29.5 Å². The normalized spacial score (nSPS) is 19.2. The Hall–Kier alpha value is -4.16. The number of halogens is 1. The zero-order valence-corrected chi connectivity index (χ0v) is 20.3. The van der Waals surface area contributed by atoms with Gasteiger partial charge in [0.15, 0.2) is 0 Å². The summed E-state index contributed by atoms with van der Waals surface area (Å²) in [5.74, 6) is 0.00691. The lowest BCUT2D eigenvalue weighted by Gasteiger charge is -2.48. The van der Waals surface area contributed by atoms with Crippen LogP contribution in [0.25, 0.3) is 15.9 Å². The van der Waals surface area contributed by atoms with Crippen molar-refractivity contribution in [2.45, 2.75) is 32.0 Å². The predicted octanol–water partition coefficient (Wildman–Crippen LogP) is 4.10. The molecular formula is C27H26FN7O. The molecule has 0 N–H and O–H groups in total. The van der Waals surface area contributed by atoms with Crippen LogP contribution in [0.15, 0.2) is 65.8 Å². The molecule has 4 heterocycles. The molecule has 0 saturated carbocycles. The molecule has 5 rings (SSSR count). The van der Waals surface area contributed by atoms with Crippen LogP contribution >= 0.6 is 0 Å². The number of hydrogen-bond donors (Lipinski definition) is 0. The highest BCUT2D eigenvalue weighted by atomic mass is 19.1. The van der Waals surface area contributed by atoms with E-state index >= 15 is 0 Å². The maximum atomic E-state index is 13.7. The lowest BCUT2D eigenvalue weighted by molar-refractivity contribution is 0.127. The largest absolute Gasteiger partial charge is 0.362 e. The van der Waals surface area contributed by atoms with E-state index in [0.717, 1.165) is 16.9 Å². The van der Waals surface area contributed by atoms with Crippen LogP contribution in [0, 0.1) is 12.4 Å². The first-order valence-electron chi connectivity index (χ1n) is 11.8. The van der Waals surface area contributed by atoms with Gasteiger partial charge in [-0.15, -0.1) is 4.98 Å². The van der Waals surface area contributed by atoms with E-state index in [2.05, 4.69) is 43.4 Å². The zero-order valence-electron chi connectivity index (χ0n) is 20.3. The number of pyridine rings is 2. The fraction of sp³-hybridized carbons (Fsp3) is 0.296. The van der Waals surface area contributed by atoms with Crippen molar-refractivity contribution in [1.82, 2.24) is 24.4 Å². The van der Waals surface area contributed by atoms with E-state index in [1.54, 1.807) is 60.5 Å². The van der Waals surface area contributed by atoms with E-state index in [1.807, 2.05) is 0 Å². The smallest absolute Gasteiger partial charge is 0.270 e. The Morgan fingerprint density at radius 2 is 1.86 bits per heavy atom. The zero-order chi connectivity index (χ0) is 25.4. The summed E-state index contributed by atoms with van der Waals surface area (Å²) in [7, 11) is 1.71. The summed E-state index contributed by atoms with van der Waals surface area (Å²) in [5.41, 5.74) is 3.67. The fourth-order valence-electron chi connectivity index (χ4n) is 5.06. The summed E-state index contributed by atoms with van der Waals surface area (Å²) in [6.45, 7) is 12.9. The van der Waals surface area contributed by atoms with Crippen molar-refractivity contribution in [3.05, 3.63) is 99.9 Å². The molecule has 1 aliphatic heterocycles. The summed E-state index contributed by atoms with van der Waals surface area (Å²) >= 11 is 0. The maximum Gasteiger partial charge on any atom is 0.270 e. The SMILES string of the molecule is [C-]#[N+]c1ccc2c(n1)c(N1C[C@@H](C)N(C(c3ccc(F)cc3)c3cnccn3)C[C@@H]1C)cc(=O)n2C. The average molecular weight is 484 g/mol. The Balaban J connectivity index is 1.55. The van der Waals surface area contributed by atoms with Crippen LogP contribution in [0.4, 0.5) is 15.9 Å². The summed E-state index contributed by atoms with van der Waals surface area (Å²) in [5, 5.41) is 0. The van der Waals surface area contributed by atoms with Gasteiger partial charge in [-0.1, -0.05) is 18.7 Å². The van der Waals surface area contributed by atoms with Gasteiger partial charge in [0.1, 0.15) is 5.82 Å². The first-order valence-corrected chi connectivity index (χ1v) is 11.8. The van der Waals surface area contributed by atoms with E-state index in [9.17, 15) is 9.18 Å². The molecule has 3 atom stereocenters. The first-order chi connectivity index (χ1) is 17.4. The molecule has 0 amide bonds. The molecule has 0 spiro atoms. The summed E-state index contributed by atoms with van der Waals surface area (Å²) in [6, 6.07) is 11.4. The minimum Gasteiger partial charge on any atom is -0.362 e. The van der Waals surface area contributed by atoms with Gasteiger partial charge in [-0.3, -0.25) is 19.7 Å². The van der Waals surface area contributed by atoms with E-state index in [0.29, 0.717) is 29.9 Å². The van der Waals surface area contributed by atoms with Crippen LogP contribution in [-0.2, 0) is 7.05 Å². The molecule has 1 saturated heterocycles. The lowest BCUT2D eigenvalue weighted by atomic mass is 9.96. The minimum absolute atomic E-state index is 0.0227. The topological polar surface area (TPSA) is 71.5 Å². The van der Waals surface area contributed by atoms with E-state index in [4.69, 9.17) is 6.57 Å². The Labute approximate surface area is 208 Å². The van der Waals surface area contributed by atoms with Crippen LogP contribution in [0.2, 0.25) is 0 Å². The van der Waals surface area contributed by atoms with Crippen molar-refractivity contribution in [2.24, 2.45) is 7.05 Å². The van der Waals surface area contributed by atoms with Crippen molar-refractivity contribution in [1.29, 1.82) is 0 Å². The molecule has 8 nitrogen and oxygen atoms in total. The quantitative estimate of drug-likeness (QED) is 0.407. The second kappa shape index (κ2) is 9.47. The second-order valence-electron chi connectivity index (χ2n) is 9.21. The summed E-state index contributed by atoms with van der Waals surface area (Å²) < 4.78 is 15.3. The Bertz CT molecular complexity index is 1500. The van der Waals surface area contributed by atoms with Gasteiger partial charge in [0.2, 0.25) is 5.52 Å². The molecule has 182 valence electrons. The van der Waals surface area contributed by atoms with Crippen molar-refractivity contribution in [3.8, 4) is 0 Å². The number of nitrogens with zero attached hydrogens (tertiary/aromatic N) is 7. The molecule has 1 aliphatic rings. The van der Waals surface area contributed by atoms with Gasteiger partial charge >= 0.3 is 0 Å². The molecule has 36 heavy (non-hydrogen) atoms. The maximum absolute atomic E-state index is 13.7. The number of piperazine rings is 1. The van der Waals surface area contributed by atoms with Gasteiger partial charge < -0.3 is 14.3 Å². The molecule has 0 aliphatic carbocycles. The first kappa shape index (κ1) is 23.6. The Kier molecular flexibility index (Phi) is 6.20. The van der Waals surface area contributed by atoms with Crippen molar-refractivity contribution in [2.75, 3.05) is 18.0 Å². The minimum atomic E-state index is -0.285. The van der Waals surface area contributed by atoms with Crippen molar-refractivity contribution >= 4 is 22.5 Å². The van der Waals surface area contributed by atoms with Crippen LogP contribution in [0.5, 0.6) is 0 Å². The van der Waals surface area contributed by atoms with Crippen LogP contribution in [0.3, 0.4) is 0 Å². The third-order valence-corrected chi connectivity index (χ3v) is 6.89. The molecule has 1 fully saturated rings. The predicted molar refractivity (Wildman–Crippen MR) is 136 cm³/mol. The summed E-state index contributed by atoms with van der Waals surface area (Å²) in [6.07, 6.45) is 5.06. The number of benzene rings is 1. The van der Waals surface area contributed by atoms with Crippen LogP contribution in [0.1, 0.15) is 31.1 Å². The lowest BCUT2D eigenvalue weighted by Crippen LogP contribution is -2.57. The van der Waals surface area contributed by atoms with Gasteiger partial charge in [-0.05, 0) is 43.7 Å². The number of fused-ring (bicyclic) bond motifs is 1. The van der Waals surface area contributed by atoms with Gasteiger partial charge in [0.05, 0.1) is 29.1 Å². The van der Waals surface area contributed by atoms with Gasteiger partial charge in [-0.25, -0.2) is 4.39 Å². The van der Waals surface area contributed by atoms with E-state index < -0.39 is 0 Å². The van der Waals surface area contributed by atoms with Crippen molar-refractivity contribution in [3.63, 3.8) is 0 Å². The van der Waals surface area contributed by atoms with Crippen molar-refractivity contribution < 1.29 is 4.39 Å². The molecule has 0 radical (unpaired) electrons. The van der Waals surface area contributed by atoms with Gasteiger partial charge in [0, 0.05) is 50.7 Å². The summed E-state index contributed by atoms with van der Waals surface area (Å²) in [4.78, 5) is 34.3. The number of hydrogen-bond acceptors (Lipinski definition) is 6. The van der Waals surface area contributed by atoms with Gasteiger partial charge in [-0.2, -0.15) is 0 Å². The average Bonchev–Trinajstić information content (AvgIpc) is 2.89. The van der Waals surface area contributed by atoms with Crippen LogP contribution in [-0.4, -0.2) is 49.6 Å². The Morgan fingerprint density at radius 3 is 2.56 bits per heavy atom. The second-order valence-corrected chi connectivity index (χ2v) is 9.21. The third-order valence-electron chi connectivity index (χ3n) is 6.89. The molecule has 1 unspecified atom stereocenters. The number of aromatic nitrogens is 4. The van der Waals surface area contributed by atoms with E-state index in [1.165, 1.54) is 12.1 Å². The highest BCUT2D eigenvalue weighted by Crippen LogP contribution is 2.35.